The van der Waals surface area contributed by atoms with E-state index in [1.54, 1.807) is 18.2 Å². The van der Waals surface area contributed by atoms with Crippen molar-refractivity contribution < 1.29 is 4.79 Å². The summed E-state index contributed by atoms with van der Waals surface area (Å²) < 4.78 is 0.731. The van der Waals surface area contributed by atoms with Crippen molar-refractivity contribution in [3.8, 4) is 0 Å². The van der Waals surface area contributed by atoms with E-state index in [0.717, 1.165) is 10.8 Å². The third kappa shape index (κ3) is 1.58. The summed E-state index contributed by atoms with van der Waals surface area (Å²) in [5, 5.41) is 0.623. The number of benzene rings is 1. The molecule has 0 aliphatic heterocycles. The van der Waals surface area contributed by atoms with E-state index in [4.69, 9.17) is 11.6 Å². The van der Waals surface area contributed by atoms with E-state index in [1.807, 2.05) is 0 Å². The number of rotatable bonds is 1. The van der Waals surface area contributed by atoms with Crippen molar-refractivity contribution in [2.45, 2.75) is 0 Å². The molecule has 0 radical (unpaired) electrons. The SMILES string of the molecule is O=Cc1ccc(Cl)cc1Br. The molecule has 52 valence electrons. The van der Waals surface area contributed by atoms with E-state index in [9.17, 15) is 4.79 Å². The maximum atomic E-state index is 10.3. The summed E-state index contributed by atoms with van der Waals surface area (Å²) in [6.07, 6.45) is 0.778. The van der Waals surface area contributed by atoms with Crippen molar-refractivity contribution in [3.63, 3.8) is 0 Å². The van der Waals surface area contributed by atoms with Crippen LogP contribution in [0.3, 0.4) is 0 Å². The van der Waals surface area contributed by atoms with Gasteiger partial charge in [0.2, 0.25) is 0 Å². The summed E-state index contributed by atoms with van der Waals surface area (Å²) in [7, 11) is 0. The Labute approximate surface area is 72.1 Å². The summed E-state index contributed by atoms with van der Waals surface area (Å²) in [6.45, 7) is 0. The van der Waals surface area contributed by atoms with Gasteiger partial charge >= 0.3 is 0 Å². The molecule has 0 fully saturated rings. The molecular formula is C7H4BrClO. The molecule has 3 heteroatoms. The van der Waals surface area contributed by atoms with Crippen LogP contribution in [-0.4, -0.2) is 6.29 Å². The number of carbonyl (C=O) groups is 1. The molecule has 0 saturated carbocycles. The van der Waals surface area contributed by atoms with Gasteiger partial charge in [-0.15, -0.1) is 0 Å². The molecule has 0 aromatic heterocycles. The normalized spacial score (nSPS) is 9.40. The van der Waals surface area contributed by atoms with Crippen molar-refractivity contribution in [2.24, 2.45) is 0 Å². The van der Waals surface area contributed by atoms with Gasteiger partial charge in [0, 0.05) is 15.1 Å². The fourth-order valence-electron chi connectivity index (χ4n) is 0.597. The molecule has 0 N–H and O–H groups in total. The lowest BCUT2D eigenvalue weighted by Crippen LogP contribution is -1.79. The zero-order valence-electron chi connectivity index (χ0n) is 4.97. The topological polar surface area (TPSA) is 17.1 Å². The second kappa shape index (κ2) is 3.17. The Morgan fingerprint density at radius 1 is 1.50 bits per heavy atom. The van der Waals surface area contributed by atoms with Crippen molar-refractivity contribution in [2.75, 3.05) is 0 Å². The quantitative estimate of drug-likeness (QED) is 0.664. The van der Waals surface area contributed by atoms with Crippen molar-refractivity contribution in [1.29, 1.82) is 0 Å². The van der Waals surface area contributed by atoms with Gasteiger partial charge in [-0.3, -0.25) is 4.79 Å². The maximum Gasteiger partial charge on any atom is 0.151 e. The van der Waals surface area contributed by atoms with Gasteiger partial charge in [0.25, 0.3) is 0 Å². The van der Waals surface area contributed by atoms with E-state index in [0.29, 0.717) is 10.6 Å². The van der Waals surface area contributed by atoms with E-state index < -0.39 is 0 Å². The number of hydrogen-bond acceptors (Lipinski definition) is 1. The minimum Gasteiger partial charge on any atom is -0.298 e. The lowest BCUT2D eigenvalue weighted by Gasteiger charge is -1.94. The van der Waals surface area contributed by atoms with Gasteiger partial charge in [0.05, 0.1) is 0 Å². The molecule has 0 amide bonds. The fourth-order valence-corrected chi connectivity index (χ4v) is 1.37. The highest BCUT2D eigenvalue weighted by Crippen LogP contribution is 2.19. The van der Waals surface area contributed by atoms with E-state index >= 15 is 0 Å². The van der Waals surface area contributed by atoms with E-state index in [-0.39, 0.29) is 0 Å². The predicted octanol–water partition coefficient (Wildman–Crippen LogP) is 2.92. The van der Waals surface area contributed by atoms with Gasteiger partial charge in [0.1, 0.15) is 0 Å². The molecular weight excluding hydrogens is 215 g/mol. The Morgan fingerprint density at radius 2 is 2.20 bits per heavy atom. The van der Waals surface area contributed by atoms with Crippen LogP contribution >= 0.6 is 27.5 Å². The summed E-state index contributed by atoms with van der Waals surface area (Å²) in [5.41, 5.74) is 0.615. The molecule has 0 bridgehead atoms. The Kier molecular flexibility index (Phi) is 2.46. The van der Waals surface area contributed by atoms with Crippen LogP contribution in [0.1, 0.15) is 10.4 Å². The highest BCUT2D eigenvalue weighted by Gasteiger charge is 1.96. The lowest BCUT2D eigenvalue weighted by atomic mass is 10.2. The summed E-state index contributed by atoms with van der Waals surface area (Å²) in [4.78, 5) is 10.3. The molecule has 1 aromatic carbocycles. The Hall–Kier alpha value is -0.340. The minimum absolute atomic E-state index is 0.615. The van der Waals surface area contributed by atoms with Crippen LogP contribution in [0.15, 0.2) is 22.7 Å². The third-order valence-corrected chi connectivity index (χ3v) is 2.01. The number of halogens is 2. The van der Waals surface area contributed by atoms with Crippen LogP contribution in [0.25, 0.3) is 0 Å². The lowest BCUT2D eigenvalue weighted by molar-refractivity contribution is 0.112. The maximum absolute atomic E-state index is 10.3. The number of aldehydes is 1. The van der Waals surface area contributed by atoms with Crippen molar-refractivity contribution >= 4 is 33.8 Å². The molecule has 0 unspecified atom stereocenters. The molecule has 10 heavy (non-hydrogen) atoms. The average molecular weight is 219 g/mol. The van der Waals surface area contributed by atoms with Crippen LogP contribution in [-0.2, 0) is 0 Å². The first-order valence-electron chi connectivity index (χ1n) is 2.64. The Balaban J connectivity index is 3.19. The van der Waals surface area contributed by atoms with E-state index in [1.165, 1.54) is 0 Å². The predicted molar refractivity (Wildman–Crippen MR) is 44.5 cm³/mol. The van der Waals surface area contributed by atoms with Gasteiger partial charge in [0.15, 0.2) is 6.29 Å². The van der Waals surface area contributed by atoms with Gasteiger partial charge in [-0.2, -0.15) is 0 Å². The van der Waals surface area contributed by atoms with Crippen molar-refractivity contribution in [1.82, 2.24) is 0 Å². The van der Waals surface area contributed by atoms with Crippen LogP contribution < -0.4 is 0 Å². The smallest absolute Gasteiger partial charge is 0.151 e. The van der Waals surface area contributed by atoms with Crippen LogP contribution in [0.2, 0.25) is 5.02 Å². The van der Waals surface area contributed by atoms with Gasteiger partial charge in [-0.1, -0.05) is 27.5 Å². The third-order valence-electron chi connectivity index (χ3n) is 1.09. The number of hydrogen-bond donors (Lipinski definition) is 0. The first-order chi connectivity index (χ1) is 4.74. The van der Waals surface area contributed by atoms with Gasteiger partial charge in [-0.25, -0.2) is 0 Å². The molecule has 0 atom stereocenters. The van der Waals surface area contributed by atoms with Crippen LogP contribution in [0.5, 0.6) is 0 Å². The Morgan fingerprint density at radius 3 is 2.70 bits per heavy atom. The summed E-state index contributed by atoms with van der Waals surface area (Å²) >= 11 is 8.82. The molecule has 0 saturated heterocycles. The first kappa shape index (κ1) is 7.76. The molecule has 0 aliphatic carbocycles. The zero-order valence-corrected chi connectivity index (χ0v) is 7.32. The zero-order chi connectivity index (χ0) is 7.56. The average Bonchev–Trinajstić information content (AvgIpc) is 1.88. The van der Waals surface area contributed by atoms with Crippen molar-refractivity contribution in [3.05, 3.63) is 33.3 Å². The summed E-state index contributed by atoms with van der Waals surface area (Å²) in [6, 6.07) is 5.03. The summed E-state index contributed by atoms with van der Waals surface area (Å²) in [5.74, 6) is 0. The highest BCUT2D eigenvalue weighted by molar-refractivity contribution is 9.10. The van der Waals surface area contributed by atoms with Crippen LogP contribution in [0, 0.1) is 0 Å². The molecule has 1 rings (SSSR count). The second-order valence-electron chi connectivity index (χ2n) is 1.78. The standard InChI is InChI=1S/C7H4BrClO/c8-7-3-6(9)2-1-5(7)4-10/h1-4H. The minimum atomic E-state index is 0.615. The largest absolute Gasteiger partial charge is 0.298 e. The van der Waals surface area contributed by atoms with Crippen LogP contribution in [0.4, 0.5) is 0 Å². The van der Waals surface area contributed by atoms with E-state index in [2.05, 4.69) is 15.9 Å². The molecule has 1 aromatic rings. The monoisotopic (exact) mass is 218 g/mol. The first-order valence-corrected chi connectivity index (χ1v) is 3.81. The van der Waals surface area contributed by atoms with Gasteiger partial charge < -0.3 is 0 Å². The molecule has 0 spiro atoms. The molecule has 0 aliphatic rings. The highest BCUT2D eigenvalue weighted by atomic mass is 79.9. The fraction of sp³-hybridized carbons (Fsp3) is 0. The molecule has 1 nitrogen and oxygen atoms in total. The molecule has 0 heterocycles. The van der Waals surface area contributed by atoms with Gasteiger partial charge in [-0.05, 0) is 18.2 Å². The Bertz CT molecular complexity index is 260. The number of carbonyl (C=O) groups excluding carboxylic acids is 1. The second-order valence-corrected chi connectivity index (χ2v) is 3.07.